The smallest absolute Gasteiger partial charge is 0.123 e. The van der Waals surface area contributed by atoms with Gasteiger partial charge in [0.2, 0.25) is 0 Å². The number of benzene rings is 2. The molecule has 0 amide bonds. The Balaban J connectivity index is 1.55. The molecule has 2 aliphatic rings. The summed E-state index contributed by atoms with van der Waals surface area (Å²) in [4.78, 5) is 0. The van der Waals surface area contributed by atoms with E-state index in [2.05, 4.69) is 0 Å². The van der Waals surface area contributed by atoms with E-state index in [1.54, 1.807) is 0 Å². The Labute approximate surface area is 176 Å². The van der Waals surface area contributed by atoms with Crippen molar-refractivity contribution in [2.45, 2.75) is 50.1 Å². The fourth-order valence-electron chi connectivity index (χ4n) is 4.35. The maximum atomic E-state index is 10.6. The van der Waals surface area contributed by atoms with Crippen LogP contribution in [0.3, 0.4) is 0 Å². The Hall–Kier alpha value is -1.63. The summed E-state index contributed by atoms with van der Waals surface area (Å²) in [6.45, 7) is 2.92. The van der Waals surface area contributed by atoms with Crippen LogP contribution in [-0.4, -0.2) is 47.8 Å². The highest BCUT2D eigenvalue weighted by Gasteiger charge is 2.53. The molecule has 0 aromatic heterocycles. The van der Waals surface area contributed by atoms with Crippen molar-refractivity contribution in [2.24, 2.45) is 0 Å². The van der Waals surface area contributed by atoms with Gasteiger partial charge in [-0.25, -0.2) is 0 Å². The number of ether oxygens (including phenoxy) is 3. The van der Waals surface area contributed by atoms with E-state index in [-0.39, 0.29) is 12.7 Å². The summed E-state index contributed by atoms with van der Waals surface area (Å²) in [5, 5.41) is 21.2. The molecule has 2 unspecified atom stereocenters. The largest absolute Gasteiger partial charge is 0.494 e. The Bertz CT molecular complexity index is 840. The van der Waals surface area contributed by atoms with Crippen LogP contribution in [0.5, 0.6) is 5.75 Å². The van der Waals surface area contributed by atoms with Gasteiger partial charge < -0.3 is 24.4 Å². The van der Waals surface area contributed by atoms with Gasteiger partial charge in [0.15, 0.2) is 0 Å². The van der Waals surface area contributed by atoms with Gasteiger partial charge in [-0.2, -0.15) is 0 Å². The van der Waals surface area contributed by atoms with Crippen molar-refractivity contribution in [1.29, 1.82) is 0 Å². The van der Waals surface area contributed by atoms with Crippen LogP contribution in [0.2, 0.25) is 5.02 Å². The van der Waals surface area contributed by atoms with Crippen LogP contribution < -0.4 is 4.74 Å². The van der Waals surface area contributed by atoms with Gasteiger partial charge in [-0.05, 0) is 48.2 Å². The van der Waals surface area contributed by atoms with E-state index < -0.39 is 17.8 Å². The molecule has 2 heterocycles. The highest BCUT2D eigenvalue weighted by atomic mass is 35.5. The third-order valence-corrected chi connectivity index (χ3v) is 6.23. The first-order valence-electron chi connectivity index (χ1n) is 10.1. The van der Waals surface area contributed by atoms with Crippen molar-refractivity contribution >= 4 is 11.6 Å². The van der Waals surface area contributed by atoms with Crippen molar-refractivity contribution < 1.29 is 24.4 Å². The van der Waals surface area contributed by atoms with Gasteiger partial charge in [0.1, 0.15) is 17.5 Å². The van der Waals surface area contributed by atoms with E-state index in [9.17, 15) is 10.2 Å². The van der Waals surface area contributed by atoms with Gasteiger partial charge in [0.05, 0.1) is 32.0 Å². The quantitative estimate of drug-likeness (QED) is 0.749. The minimum absolute atomic E-state index is 0.169. The van der Waals surface area contributed by atoms with Gasteiger partial charge in [-0.3, -0.25) is 0 Å². The van der Waals surface area contributed by atoms with E-state index in [0.717, 1.165) is 22.4 Å². The van der Waals surface area contributed by atoms with Gasteiger partial charge in [0, 0.05) is 17.9 Å². The lowest BCUT2D eigenvalue weighted by molar-refractivity contribution is -0.220. The number of fused-ring (bicyclic) bond motifs is 1. The zero-order valence-electron chi connectivity index (χ0n) is 16.5. The fourth-order valence-corrected chi connectivity index (χ4v) is 4.53. The van der Waals surface area contributed by atoms with Crippen molar-refractivity contribution in [3.8, 4) is 5.75 Å². The molecule has 2 N–H and O–H groups in total. The lowest BCUT2D eigenvalue weighted by Gasteiger charge is -2.43. The first-order valence-corrected chi connectivity index (χ1v) is 10.5. The SMILES string of the molecule is CCOc1ccc(Cc2cc(C3CC(O)[C@@H]4OCC[C@@]4(CO)O3)ccc2Cl)cc1. The number of aliphatic hydroxyl groups excluding tert-OH is 2. The standard InChI is InChI=1S/C23H27ClO5/c1-2-27-18-6-3-15(4-7-18)11-17-12-16(5-8-19(17)24)21-13-20(26)22-23(14-25,29-21)9-10-28-22/h3-8,12,20-22,25-26H,2,9-11,13-14H2,1H3/t20?,21?,22-,23-/m0/s1. The average molecular weight is 419 g/mol. The highest BCUT2D eigenvalue weighted by Crippen LogP contribution is 2.44. The van der Waals surface area contributed by atoms with Crippen molar-refractivity contribution in [1.82, 2.24) is 0 Å². The fraction of sp³-hybridized carbons (Fsp3) is 0.478. The Kier molecular flexibility index (Phi) is 6.13. The van der Waals surface area contributed by atoms with Crippen LogP contribution in [0, 0.1) is 0 Å². The van der Waals surface area contributed by atoms with E-state index >= 15 is 0 Å². The summed E-state index contributed by atoms with van der Waals surface area (Å²) in [5.41, 5.74) is 2.24. The summed E-state index contributed by atoms with van der Waals surface area (Å²) in [5.74, 6) is 0.850. The summed E-state index contributed by atoms with van der Waals surface area (Å²) in [7, 11) is 0. The Morgan fingerprint density at radius 3 is 2.72 bits per heavy atom. The van der Waals surface area contributed by atoms with Crippen LogP contribution in [0.4, 0.5) is 0 Å². The topological polar surface area (TPSA) is 68.2 Å². The molecule has 0 aliphatic carbocycles. The summed E-state index contributed by atoms with van der Waals surface area (Å²) in [6, 6.07) is 13.8. The van der Waals surface area contributed by atoms with Gasteiger partial charge in [0.25, 0.3) is 0 Å². The normalized spacial score (nSPS) is 28.9. The molecule has 2 aromatic carbocycles. The number of rotatable bonds is 6. The first-order chi connectivity index (χ1) is 14.0. The van der Waals surface area contributed by atoms with Crippen molar-refractivity contribution in [3.63, 3.8) is 0 Å². The minimum atomic E-state index is -0.836. The lowest BCUT2D eigenvalue weighted by Crippen LogP contribution is -2.55. The number of aliphatic hydroxyl groups is 2. The van der Waals surface area contributed by atoms with Crippen molar-refractivity contribution in [2.75, 3.05) is 19.8 Å². The molecular weight excluding hydrogens is 392 g/mol. The van der Waals surface area contributed by atoms with Crippen LogP contribution in [-0.2, 0) is 15.9 Å². The molecule has 0 bridgehead atoms. The monoisotopic (exact) mass is 418 g/mol. The second-order valence-corrected chi connectivity index (χ2v) is 8.19. The maximum Gasteiger partial charge on any atom is 0.123 e. The summed E-state index contributed by atoms with van der Waals surface area (Å²) < 4.78 is 17.4. The lowest BCUT2D eigenvalue weighted by atomic mass is 9.84. The molecule has 4 atom stereocenters. The zero-order valence-corrected chi connectivity index (χ0v) is 17.3. The second kappa shape index (κ2) is 8.62. The molecule has 5 nitrogen and oxygen atoms in total. The minimum Gasteiger partial charge on any atom is -0.494 e. The second-order valence-electron chi connectivity index (χ2n) is 7.78. The van der Waals surface area contributed by atoms with Crippen molar-refractivity contribution in [3.05, 3.63) is 64.2 Å². The molecular formula is C23H27ClO5. The summed E-state index contributed by atoms with van der Waals surface area (Å²) in [6.07, 6.45) is 0.232. The zero-order chi connectivity index (χ0) is 20.4. The molecule has 2 aromatic rings. The van der Waals surface area contributed by atoms with Gasteiger partial charge >= 0.3 is 0 Å². The molecule has 2 saturated heterocycles. The molecule has 2 fully saturated rings. The molecule has 0 radical (unpaired) electrons. The predicted octanol–water partition coefficient (Wildman–Crippen LogP) is 3.67. The highest BCUT2D eigenvalue weighted by molar-refractivity contribution is 6.31. The van der Waals surface area contributed by atoms with Crippen LogP contribution in [0.1, 0.15) is 42.6 Å². The molecule has 0 saturated carbocycles. The molecule has 6 heteroatoms. The average Bonchev–Trinajstić information content (AvgIpc) is 3.16. The first kappa shape index (κ1) is 20.6. The van der Waals surface area contributed by atoms with E-state index in [1.807, 2.05) is 49.4 Å². The Morgan fingerprint density at radius 1 is 1.21 bits per heavy atom. The van der Waals surface area contributed by atoms with E-state index in [1.165, 1.54) is 0 Å². The van der Waals surface area contributed by atoms with Gasteiger partial charge in [-0.1, -0.05) is 35.9 Å². The van der Waals surface area contributed by atoms with Gasteiger partial charge in [-0.15, -0.1) is 0 Å². The van der Waals surface area contributed by atoms with E-state index in [4.69, 9.17) is 25.8 Å². The molecule has 0 spiro atoms. The molecule has 2 aliphatic heterocycles. The number of halogens is 1. The predicted molar refractivity (Wildman–Crippen MR) is 110 cm³/mol. The molecule has 29 heavy (non-hydrogen) atoms. The maximum absolute atomic E-state index is 10.6. The summed E-state index contributed by atoms with van der Waals surface area (Å²) >= 11 is 6.46. The Morgan fingerprint density at radius 2 is 2.00 bits per heavy atom. The number of hydrogen-bond donors (Lipinski definition) is 2. The van der Waals surface area contributed by atoms with Crippen LogP contribution in [0.25, 0.3) is 0 Å². The molecule has 156 valence electrons. The van der Waals surface area contributed by atoms with Crippen LogP contribution >= 0.6 is 11.6 Å². The van der Waals surface area contributed by atoms with E-state index in [0.29, 0.717) is 37.5 Å². The third-order valence-electron chi connectivity index (χ3n) is 5.86. The number of hydrogen-bond acceptors (Lipinski definition) is 5. The third kappa shape index (κ3) is 4.16. The van der Waals surface area contributed by atoms with Crippen LogP contribution in [0.15, 0.2) is 42.5 Å². The molecule has 4 rings (SSSR count).